The zero-order valence-corrected chi connectivity index (χ0v) is 20.2. The molecule has 0 aromatic heterocycles. The fraction of sp³-hybridized carbons (Fsp3) is 0.423. The Morgan fingerprint density at radius 3 is 2.29 bits per heavy atom. The van der Waals surface area contributed by atoms with Gasteiger partial charge in [-0.25, -0.2) is 18.0 Å². The molecule has 38 heavy (non-hydrogen) atoms. The quantitative estimate of drug-likeness (QED) is 0.389. The van der Waals surface area contributed by atoms with Gasteiger partial charge < -0.3 is 15.5 Å². The van der Waals surface area contributed by atoms with Gasteiger partial charge in [-0.2, -0.15) is 18.2 Å². The molecule has 1 fully saturated rings. The van der Waals surface area contributed by atoms with E-state index in [1.165, 1.54) is 12.1 Å². The van der Waals surface area contributed by atoms with Crippen LogP contribution in [-0.4, -0.2) is 54.9 Å². The average Bonchev–Trinajstić information content (AvgIpc) is 2.88. The van der Waals surface area contributed by atoms with Crippen molar-refractivity contribution >= 4 is 17.6 Å². The Kier molecular flexibility index (Phi) is 8.39. The van der Waals surface area contributed by atoms with Crippen LogP contribution in [0.25, 0.3) is 0 Å². The van der Waals surface area contributed by atoms with E-state index >= 15 is 0 Å². The molecule has 6 nitrogen and oxygen atoms in total. The van der Waals surface area contributed by atoms with Crippen LogP contribution in [0.4, 0.5) is 31.1 Å². The monoisotopic (exact) mass is 540 g/mol. The Bertz CT molecular complexity index is 1190. The lowest BCUT2D eigenvalue weighted by Gasteiger charge is -2.33. The number of hydrogen-bond donors (Lipinski definition) is 2. The topological polar surface area (TPSA) is 73.8 Å². The van der Waals surface area contributed by atoms with Crippen molar-refractivity contribution in [1.29, 1.82) is 0 Å². The van der Waals surface area contributed by atoms with Gasteiger partial charge in [-0.3, -0.25) is 4.79 Å². The molecule has 2 N–H and O–H groups in total. The molecule has 0 radical (unpaired) electrons. The molecule has 12 heteroatoms. The van der Waals surface area contributed by atoms with Crippen molar-refractivity contribution in [3.63, 3.8) is 0 Å². The minimum atomic E-state index is -5.09. The second-order valence-electron chi connectivity index (χ2n) is 9.39. The third-order valence-electron chi connectivity index (χ3n) is 6.88. The minimum Gasteiger partial charge on any atom is -0.355 e. The van der Waals surface area contributed by atoms with Crippen LogP contribution in [0.15, 0.2) is 47.5 Å². The molecule has 204 valence electrons. The largest absolute Gasteiger partial charge is 0.430 e. The van der Waals surface area contributed by atoms with E-state index < -0.39 is 47.4 Å². The maximum atomic E-state index is 13.8. The fourth-order valence-corrected chi connectivity index (χ4v) is 4.93. The number of urea groups is 1. The molecule has 1 unspecified atom stereocenters. The van der Waals surface area contributed by atoms with E-state index in [2.05, 4.69) is 20.5 Å². The summed E-state index contributed by atoms with van der Waals surface area (Å²) in [6, 6.07) is 5.90. The SMILES string of the molecule is O=C1N=C(C(F)(F)F)C(C(=O)NCCCN2CCC(c3ccc(F)cc3)CC2)[C@@H](c2ccc(F)c(F)c2)N1. The van der Waals surface area contributed by atoms with Crippen molar-refractivity contribution in [2.75, 3.05) is 26.2 Å². The first kappa shape index (κ1) is 27.6. The van der Waals surface area contributed by atoms with Crippen molar-refractivity contribution in [3.05, 3.63) is 71.0 Å². The van der Waals surface area contributed by atoms with Gasteiger partial charge in [-0.15, -0.1) is 0 Å². The molecule has 0 saturated carbocycles. The van der Waals surface area contributed by atoms with E-state index in [9.17, 15) is 35.9 Å². The number of alkyl halides is 3. The zero-order chi connectivity index (χ0) is 27.4. The van der Waals surface area contributed by atoms with Crippen molar-refractivity contribution in [2.45, 2.75) is 37.4 Å². The van der Waals surface area contributed by atoms with Crippen molar-refractivity contribution in [3.8, 4) is 0 Å². The number of carbonyl (C=O) groups excluding carboxylic acids is 2. The molecule has 3 amide bonds. The fourth-order valence-electron chi connectivity index (χ4n) is 4.93. The van der Waals surface area contributed by atoms with Gasteiger partial charge in [-0.1, -0.05) is 18.2 Å². The number of piperidine rings is 1. The van der Waals surface area contributed by atoms with Gasteiger partial charge in [0.15, 0.2) is 11.6 Å². The number of benzene rings is 2. The van der Waals surface area contributed by atoms with Gasteiger partial charge >= 0.3 is 12.2 Å². The highest BCUT2D eigenvalue weighted by atomic mass is 19.4. The first-order valence-corrected chi connectivity index (χ1v) is 12.2. The standard InChI is InChI=1S/C26H26F6N4O2/c27-18-5-2-15(3-6-18)16-8-12-36(13-9-16)11-1-10-33-24(37)21-22(17-4-7-19(28)20(29)14-17)34-25(38)35-23(21)26(30,31)32/h2-7,14,16,21-22H,1,8-13H2,(H,33,37)(H,34,38)/t21?,22-/m1/s1. The number of halogens is 6. The normalized spacial score (nSPS) is 21.1. The van der Waals surface area contributed by atoms with Gasteiger partial charge in [0.1, 0.15) is 17.4 Å². The maximum absolute atomic E-state index is 13.8. The number of carbonyl (C=O) groups is 2. The molecule has 2 aliphatic heterocycles. The van der Waals surface area contributed by atoms with Crippen LogP contribution in [0, 0.1) is 23.4 Å². The van der Waals surface area contributed by atoms with E-state index in [0.717, 1.165) is 37.6 Å². The average molecular weight is 541 g/mol. The summed E-state index contributed by atoms with van der Waals surface area (Å²) in [6.45, 7) is 2.24. The molecule has 2 atom stereocenters. The summed E-state index contributed by atoms with van der Waals surface area (Å²) in [5.41, 5.74) is -0.718. The molecule has 0 bridgehead atoms. The molecule has 0 spiro atoms. The lowest BCUT2D eigenvalue weighted by atomic mass is 9.86. The first-order chi connectivity index (χ1) is 18.0. The van der Waals surface area contributed by atoms with Gasteiger partial charge in [0.2, 0.25) is 5.91 Å². The molecule has 2 aromatic rings. The summed E-state index contributed by atoms with van der Waals surface area (Å²) in [5.74, 6) is -5.52. The van der Waals surface area contributed by atoms with Crippen molar-refractivity contribution < 1.29 is 35.9 Å². The predicted octanol–water partition coefficient (Wildman–Crippen LogP) is 4.87. The Balaban J connectivity index is 1.35. The molecule has 2 aliphatic rings. The zero-order valence-electron chi connectivity index (χ0n) is 20.2. The first-order valence-electron chi connectivity index (χ1n) is 12.2. The number of amides is 3. The van der Waals surface area contributed by atoms with E-state index in [-0.39, 0.29) is 17.9 Å². The lowest BCUT2D eigenvalue weighted by molar-refractivity contribution is -0.125. The maximum Gasteiger partial charge on any atom is 0.430 e. The summed E-state index contributed by atoms with van der Waals surface area (Å²) < 4.78 is 81.5. The van der Waals surface area contributed by atoms with Crippen LogP contribution >= 0.6 is 0 Å². The van der Waals surface area contributed by atoms with Crippen molar-refractivity contribution in [1.82, 2.24) is 15.5 Å². The highest BCUT2D eigenvalue weighted by Crippen LogP contribution is 2.34. The summed E-state index contributed by atoms with van der Waals surface area (Å²) in [7, 11) is 0. The number of likely N-dealkylation sites (tertiary alicyclic amines) is 1. The summed E-state index contributed by atoms with van der Waals surface area (Å²) >= 11 is 0. The second-order valence-corrected chi connectivity index (χ2v) is 9.39. The summed E-state index contributed by atoms with van der Waals surface area (Å²) in [6.07, 6.45) is -2.88. The number of nitrogens with zero attached hydrogens (tertiary/aromatic N) is 2. The highest BCUT2D eigenvalue weighted by molar-refractivity contribution is 6.13. The Labute approximate surface area is 215 Å². The van der Waals surface area contributed by atoms with Crippen LogP contribution < -0.4 is 10.6 Å². The Hall–Kier alpha value is -3.41. The number of nitrogens with one attached hydrogen (secondary N) is 2. The van der Waals surface area contributed by atoms with Crippen molar-refractivity contribution in [2.24, 2.45) is 10.9 Å². The number of rotatable bonds is 7. The van der Waals surface area contributed by atoms with E-state index in [1.54, 1.807) is 12.1 Å². The van der Waals surface area contributed by atoms with Crippen LogP contribution in [0.5, 0.6) is 0 Å². The van der Waals surface area contributed by atoms with E-state index in [4.69, 9.17) is 0 Å². The third kappa shape index (κ3) is 6.53. The predicted molar refractivity (Wildman–Crippen MR) is 127 cm³/mol. The van der Waals surface area contributed by atoms with Gasteiger partial charge in [-0.05, 0) is 80.2 Å². The van der Waals surface area contributed by atoms with E-state index in [0.29, 0.717) is 31.0 Å². The molecule has 4 rings (SSSR count). The molecular weight excluding hydrogens is 514 g/mol. The smallest absolute Gasteiger partial charge is 0.355 e. The highest BCUT2D eigenvalue weighted by Gasteiger charge is 2.50. The minimum absolute atomic E-state index is 0.0663. The molecule has 2 heterocycles. The van der Waals surface area contributed by atoms with Crippen LogP contribution in [0.3, 0.4) is 0 Å². The van der Waals surface area contributed by atoms with Crippen LogP contribution in [0.1, 0.15) is 42.3 Å². The number of hydrogen-bond acceptors (Lipinski definition) is 3. The van der Waals surface area contributed by atoms with Gasteiger partial charge in [0.25, 0.3) is 0 Å². The van der Waals surface area contributed by atoms with Crippen LogP contribution in [-0.2, 0) is 4.79 Å². The molecule has 2 aromatic carbocycles. The number of aliphatic imine (C=N–C) groups is 1. The van der Waals surface area contributed by atoms with E-state index in [1.807, 2.05) is 0 Å². The molecule has 0 aliphatic carbocycles. The Morgan fingerprint density at radius 1 is 1.00 bits per heavy atom. The third-order valence-corrected chi connectivity index (χ3v) is 6.88. The molecular formula is C26H26F6N4O2. The van der Waals surface area contributed by atoms with Crippen LogP contribution in [0.2, 0.25) is 0 Å². The van der Waals surface area contributed by atoms with Gasteiger partial charge in [0.05, 0.1) is 6.04 Å². The summed E-state index contributed by atoms with van der Waals surface area (Å²) in [5, 5.41) is 4.64. The summed E-state index contributed by atoms with van der Waals surface area (Å²) in [4.78, 5) is 30.0. The lowest BCUT2D eigenvalue weighted by Crippen LogP contribution is -2.52. The Morgan fingerprint density at radius 2 is 1.66 bits per heavy atom. The van der Waals surface area contributed by atoms with Gasteiger partial charge in [0, 0.05) is 6.54 Å². The molecule has 1 saturated heterocycles. The second kappa shape index (κ2) is 11.5.